The van der Waals surface area contributed by atoms with Crippen molar-refractivity contribution in [3.63, 3.8) is 0 Å². The molecule has 2 aromatic heterocycles. The number of thiazole rings is 1. The van der Waals surface area contributed by atoms with E-state index in [0.717, 1.165) is 10.8 Å². The maximum absolute atomic E-state index is 10.4. The number of aromatic nitrogens is 4. The normalized spacial score (nSPS) is 18.2. The molecule has 0 saturated carbocycles. The summed E-state index contributed by atoms with van der Waals surface area (Å²) in [5.41, 5.74) is -0.174. The highest BCUT2D eigenvalue weighted by Gasteiger charge is 2.46. The molecule has 8 heteroatoms. The molecule has 17 heavy (non-hydrogen) atoms. The van der Waals surface area contributed by atoms with E-state index in [0.29, 0.717) is 17.4 Å². The van der Waals surface area contributed by atoms with Crippen LogP contribution in [-0.4, -0.2) is 38.2 Å². The Morgan fingerprint density at radius 1 is 1.47 bits per heavy atom. The zero-order valence-electron chi connectivity index (χ0n) is 9.04. The van der Waals surface area contributed by atoms with Gasteiger partial charge in [0.05, 0.1) is 31.2 Å². The van der Waals surface area contributed by atoms with Gasteiger partial charge in [-0.2, -0.15) is 0 Å². The largest absolute Gasteiger partial charge is 0.380 e. The number of aliphatic hydroxyl groups is 1. The van der Waals surface area contributed by atoms with E-state index in [-0.39, 0.29) is 0 Å². The molecule has 1 fully saturated rings. The first kappa shape index (κ1) is 10.9. The molecule has 0 aromatic carbocycles. The summed E-state index contributed by atoms with van der Waals surface area (Å²) in [6.07, 6.45) is 3.21. The van der Waals surface area contributed by atoms with Gasteiger partial charge in [-0.3, -0.25) is 0 Å². The first-order valence-corrected chi connectivity index (χ1v) is 6.22. The summed E-state index contributed by atoms with van der Waals surface area (Å²) in [7, 11) is 1.77. The fraction of sp³-hybridized carbons (Fsp3) is 0.444. The Balaban J connectivity index is 1.78. The summed E-state index contributed by atoms with van der Waals surface area (Å²) in [5.74, 6) is 0. The lowest BCUT2D eigenvalue weighted by atomic mass is 9.91. The Bertz CT molecular complexity index is 547. The summed E-state index contributed by atoms with van der Waals surface area (Å²) in [6.45, 7) is 0.968. The van der Waals surface area contributed by atoms with Crippen LogP contribution in [0.5, 0.6) is 0 Å². The molecule has 3 heterocycles. The van der Waals surface area contributed by atoms with E-state index in [2.05, 4.69) is 15.3 Å². The fourth-order valence-electron chi connectivity index (χ4n) is 1.99. The van der Waals surface area contributed by atoms with Crippen LogP contribution >= 0.6 is 22.9 Å². The lowest BCUT2D eigenvalue weighted by Crippen LogP contribution is -2.60. The molecule has 0 amide bonds. The van der Waals surface area contributed by atoms with Crippen molar-refractivity contribution in [3.8, 4) is 0 Å². The average Bonchev–Trinajstić information content (AvgIpc) is 2.83. The van der Waals surface area contributed by atoms with Crippen molar-refractivity contribution in [1.29, 1.82) is 0 Å². The predicted molar refractivity (Wildman–Crippen MR) is 64.2 cm³/mol. The van der Waals surface area contributed by atoms with E-state index in [1.807, 2.05) is 4.90 Å². The second-order valence-electron chi connectivity index (χ2n) is 4.08. The van der Waals surface area contributed by atoms with Crippen LogP contribution in [0.2, 0.25) is 4.34 Å². The zero-order chi connectivity index (χ0) is 12.0. The third kappa shape index (κ3) is 1.70. The molecule has 3 rings (SSSR count). The Morgan fingerprint density at radius 2 is 2.24 bits per heavy atom. The van der Waals surface area contributed by atoms with E-state index in [9.17, 15) is 5.11 Å². The Hall–Kier alpha value is -1.18. The predicted octanol–water partition coefficient (Wildman–Crippen LogP) is 0.633. The minimum Gasteiger partial charge on any atom is -0.380 e. The Labute approximate surface area is 106 Å². The molecule has 0 unspecified atom stereocenters. The van der Waals surface area contributed by atoms with Gasteiger partial charge in [0.1, 0.15) is 9.94 Å². The van der Waals surface area contributed by atoms with Crippen molar-refractivity contribution in [3.05, 3.63) is 22.4 Å². The molecule has 0 aliphatic carbocycles. The van der Waals surface area contributed by atoms with Gasteiger partial charge in [-0.1, -0.05) is 28.2 Å². The minimum absolute atomic E-state index is 0.484. The van der Waals surface area contributed by atoms with Crippen LogP contribution in [-0.2, 0) is 12.6 Å². The van der Waals surface area contributed by atoms with E-state index in [4.69, 9.17) is 11.6 Å². The first-order chi connectivity index (χ1) is 8.08. The molecule has 2 aromatic rings. The standard InChI is InChI=1S/C9H10ClN5OS/c1-14-6(2-12-13-14)9(16)4-15(5-9)8-11-3-7(10)17-8/h2-3,16H,4-5H2,1H3. The summed E-state index contributed by atoms with van der Waals surface area (Å²) < 4.78 is 2.24. The molecule has 1 aliphatic heterocycles. The van der Waals surface area contributed by atoms with Crippen molar-refractivity contribution in [2.45, 2.75) is 5.60 Å². The molecule has 6 nitrogen and oxygen atoms in total. The quantitative estimate of drug-likeness (QED) is 0.868. The Morgan fingerprint density at radius 3 is 2.76 bits per heavy atom. The molecule has 0 bridgehead atoms. The highest BCUT2D eigenvalue weighted by Crippen LogP contribution is 2.37. The molecule has 1 N–H and O–H groups in total. The van der Waals surface area contributed by atoms with Crippen LogP contribution < -0.4 is 4.90 Å². The highest BCUT2D eigenvalue weighted by atomic mass is 35.5. The van der Waals surface area contributed by atoms with Crippen molar-refractivity contribution >= 4 is 28.1 Å². The smallest absolute Gasteiger partial charge is 0.186 e. The summed E-state index contributed by atoms with van der Waals surface area (Å²) in [5, 5.41) is 18.8. The number of aryl methyl sites for hydroxylation is 1. The van der Waals surface area contributed by atoms with Crippen LogP contribution in [0.3, 0.4) is 0 Å². The van der Waals surface area contributed by atoms with Crippen molar-refractivity contribution in [2.75, 3.05) is 18.0 Å². The van der Waals surface area contributed by atoms with Crippen molar-refractivity contribution < 1.29 is 5.11 Å². The zero-order valence-corrected chi connectivity index (χ0v) is 10.6. The molecule has 0 atom stereocenters. The number of anilines is 1. The molecular weight excluding hydrogens is 262 g/mol. The monoisotopic (exact) mass is 271 g/mol. The summed E-state index contributed by atoms with van der Waals surface area (Å²) in [4.78, 5) is 6.15. The molecule has 1 aliphatic rings. The average molecular weight is 272 g/mol. The second kappa shape index (κ2) is 3.66. The Kier molecular flexibility index (Phi) is 2.35. The molecular formula is C9H10ClN5OS. The van der Waals surface area contributed by atoms with Crippen LogP contribution in [0, 0.1) is 0 Å². The van der Waals surface area contributed by atoms with Gasteiger partial charge in [0.2, 0.25) is 0 Å². The minimum atomic E-state index is -0.892. The number of β-amino-alcohol motifs (C(OH)–C–C–N with tert-alkyl or cyclic N) is 1. The number of hydrogen-bond acceptors (Lipinski definition) is 6. The number of rotatable bonds is 2. The highest BCUT2D eigenvalue weighted by molar-refractivity contribution is 7.19. The number of nitrogens with zero attached hydrogens (tertiary/aromatic N) is 5. The van der Waals surface area contributed by atoms with E-state index in [1.54, 1.807) is 24.1 Å². The topological polar surface area (TPSA) is 67.1 Å². The summed E-state index contributed by atoms with van der Waals surface area (Å²) >= 11 is 7.23. The van der Waals surface area contributed by atoms with Gasteiger partial charge in [0.15, 0.2) is 5.13 Å². The van der Waals surface area contributed by atoms with Crippen LogP contribution in [0.1, 0.15) is 5.69 Å². The van der Waals surface area contributed by atoms with E-state index in [1.165, 1.54) is 11.3 Å². The molecule has 1 saturated heterocycles. The van der Waals surface area contributed by atoms with Crippen molar-refractivity contribution in [2.24, 2.45) is 7.05 Å². The number of hydrogen-bond donors (Lipinski definition) is 1. The number of halogens is 1. The molecule has 90 valence electrons. The maximum Gasteiger partial charge on any atom is 0.186 e. The molecule has 0 spiro atoms. The molecule has 0 radical (unpaired) electrons. The lowest BCUT2D eigenvalue weighted by Gasteiger charge is -2.45. The second-order valence-corrected chi connectivity index (χ2v) is 5.72. The lowest BCUT2D eigenvalue weighted by molar-refractivity contribution is -0.0000463. The van der Waals surface area contributed by atoms with Gasteiger partial charge in [-0.15, -0.1) is 5.10 Å². The van der Waals surface area contributed by atoms with Gasteiger partial charge in [0, 0.05) is 7.05 Å². The van der Waals surface area contributed by atoms with E-state index < -0.39 is 5.60 Å². The van der Waals surface area contributed by atoms with Crippen LogP contribution in [0.25, 0.3) is 0 Å². The third-order valence-corrected chi connectivity index (χ3v) is 4.01. The summed E-state index contributed by atoms with van der Waals surface area (Å²) in [6, 6.07) is 0. The van der Waals surface area contributed by atoms with Gasteiger partial charge >= 0.3 is 0 Å². The first-order valence-electron chi connectivity index (χ1n) is 5.02. The van der Waals surface area contributed by atoms with Crippen LogP contribution in [0.4, 0.5) is 5.13 Å². The van der Waals surface area contributed by atoms with Gasteiger partial charge in [0.25, 0.3) is 0 Å². The van der Waals surface area contributed by atoms with Gasteiger partial charge in [-0.05, 0) is 0 Å². The van der Waals surface area contributed by atoms with Gasteiger partial charge < -0.3 is 10.0 Å². The maximum atomic E-state index is 10.4. The van der Waals surface area contributed by atoms with Crippen molar-refractivity contribution in [1.82, 2.24) is 20.0 Å². The third-order valence-electron chi connectivity index (χ3n) is 2.83. The van der Waals surface area contributed by atoms with E-state index >= 15 is 0 Å². The fourth-order valence-corrected chi connectivity index (χ4v) is 2.88. The van der Waals surface area contributed by atoms with Gasteiger partial charge in [-0.25, -0.2) is 9.67 Å². The van der Waals surface area contributed by atoms with Crippen LogP contribution in [0.15, 0.2) is 12.4 Å². The SMILES string of the molecule is Cn1nncc1C1(O)CN(c2ncc(Cl)s2)C1.